The van der Waals surface area contributed by atoms with Crippen LogP contribution in [-0.2, 0) is 29.2 Å². The lowest BCUT2D eigenvalue weighted by Gasteiger charge is -2.25. The van der Waals surface area contributed by atoms with E-state index < -0.39 is 0 Å². The van der Waals surface area contributed by atoms with Crippen LogP contribution in [0.5, 0.6) is 0 Å². The average Bonchev–Trinajstić information content (AvgIpc) is 3.37. The van der Waals surface area contributed by atoms with E-state index in [-0.39, 0.29) is 11.9 Å². The van der Waals surface area contributed by atoms with Gasteiger partial charge in [-0.2, -0.15) is 0 Å². The number of ether oxygens (including phenoxy) is 1. The number of aromatic nitrogens is 4. The summed E-state index contributed by atoms with van der Waals surface area (Å²) in [5.74, 6) is 0.860. The number of morpholine rings is 1. The molecule has 0 radical (unpaired) electrons. The van der Waals surface area contributed by atoms with Crippen molar-refractivity contribution < 1.29 is 9.53 Å². The highest BCUT2D eigenvalue weighted by Gasteiger charge is 2.24. The zero-order valence-corrected chi connectivity index (χ0v) is 16.7. The van der Waals surface area contributed by atoms with Gasteiger partial charge >= 0.3 is 0 Å². The maximum absolute atomic E-state index is 12.4. The summed E-state index contributed by atoms with van der Waals surface area (Å²) in [6.45, 7) is 7.28. The predicted molar refractivity (Wildman–Crippen MR) is 107 cm³/mol. The van der Waals surface area contributed by atoms with E-state index in [1.54, 1.807) is 4.68 Å². The average molecular weight is 399 g/mol. The normalized spacial score (nSPS) is 20.8. The first-order chi connectivity index (χ1) is 14.3. The Hall–Kier alpha value is -2.36. The van der Waals surface area contributed by atoms with Crippen molar-refractivity contribution in [1.82, 2.24) is 35.3 Å². The number of nitrogens with zero attached hydrogens (tertiary/aromatic N) is 6. The smallest absolute Gasteiger partial charge is 0.222 e. The summed E-state index contributed by atoms with van der Waals surface area (Å²) in [5.41, 5.74) is 1.31. The molecule has 1 unspecified atom stereocenters. The molecular formula is C20H29N7O2. The number of carbonyl (C=O) groups excluding carboxylic acids is 1. The Kier molecular flexibility index (Phi) is 6.81. The van der Waals surface area contributed by atoms with Crippen LogP contribution >= 0.6 is 0 Å². The summed E-state index contributed by atoms with van der Waals surface area (Å²) >= 11 is 0. The van der Waals surface area contributed by atoms with Gasteiger partial charge in [0.25, 0.3) is 0 Å². The topological polar surface area (TPSA) is 88.4 Å². The molecule has 1 aromatic heterocycles. The molecule has 2 aliphatic heterocycles. The largest absolute Gasteiger partial charge is 0.379 e. The first kappa shape index (κ1) is 19.9. The van der Waals surface area contributed by atoms with E-state index in [1.807, 2.05) is 6.07 Å². The fourth-order valence-corrected chi connectivity index (χ4v) is 3.91. The van der Waals surface area contributed by atoms with Crippen molar-refractivity contribution in [2.24, 2.45) is 0 Å². The summed E-state index contributed by atoms with van der Waals surface area (Å²) in [7, 11) is 0. The second kappa shape index (κ2) is 9.91. The molecule has 2 saturated heterocycles. The maximum Gasteiger partial charge on any atom is 0.222 e. The van der Waals surface area contributed by atoms with Gasteiger partial charge in [0.15, 0.2) is 5.82 Å². The SMILES string of the molecule is O=C(CCn1nnnc1CN1CCOCC1)NC1CCN(Cc2ccccc2)C1. The Morgan fingerprint density at radius 3 is 2.76 bits per heavy atom. The third-order valence-corrected chi connectivity index (χ3v) is 5.51. The van der Waals surface area contributed by atoms with E-state index in [1.165, 1.54) is 5.56 Å². The summed E-state index contributed by atoms with van der Waals surface area (Å²) in [6, 6.07) is 10.7. The number of hydrogen-bond donors (Lipinski definition) is 1. The lowest BCUT2D eigenvalue weighted by molar-refractivity contribution is -0.122. The van der Waals surface area contributed by atoms with Gasteiger partial charge in [-0.3, -0.25) is 14.6 Å². The minimum atomic E-state index is 0.0596. The van der Waals surface area contributed by atoms with Crippen LogP contribution in [0.25, 0.3) is 0 Å². The molecule has 0 spiro atoms. The monoisotopic (exact) mass is 399 g/mol. The number of likely N-dealkylation sites (tertiary alicyclic amines) is 1. The van der Waals surface area contributed by atoms with Crippen LogP contribution in [0.15, 0.2) is 30.3 Å². The minimum Gasteiger partial charge on any atom is -0.379 e. The first-order valence-electron chi connectivity index (χ1n) is 10.4. The van der Waals surface area contributed by atoms with E-state index in [0.717, 1.165) is 58.2 Å². The molecule has 9 nitrogen and oxygen atoms in total. The van der Waals surface area contributed by atoms with E-state index in [9.17, 15) is 4.79 Å². The molecule has 29 heavy (non-hydrogen) atoms. The molecule has 4 rings (SSSR count). The Morgan fingerprint density at radius 2 is 1.93 bits per heavy atom. The highest BCUT2D eigenvalue weighted by atomic mass is 16.5. The number of benzene rings is 1. The number of hydrogen-bond acceptors (Lipinski definition) is 7. The predicted octanol–water partition coefficient (Wildman–Crippen LogP) is 0.286. The zero-order chi connectivity index (χ0) is 19.9. The van der Waals surface area contributed by atoms with Crippen LogP contribution < -0.4 is 5.32 Å². The first-order valence-corrected chi connectivity index (χ1v) is 10.4. The van der Waals surface area contributed by atoms with E-state index in [4.69, 9.17) is 4.74 Å². The van der Waals surface area contributed by atoms with Crippen LogP contribution in [-0.4, -0.2) is 81.3 Å². The fraction of sp³-hybridized carbons (Fsp3) is 0.600. The van der Waals surface area contributed by atoms with Crippen molar-refractivity contribution in [1.29, 1.82) is 0 Å². The Balaban J connectivity index is 1.19. The quantitative estimate of drug-likeness (QED) is 0.682. The van der Waals surface area contributed by atoms with Crippen LogP contribution in [0.4, 0.5) is 0 Å². The number of carbonyl (C=O) groups is 1. The third kappa shape index (κ3) is 5.81. The van der Waals surface area contributed by atoms with Gasteiger partial charge in [-0.15, -0.1) is 5.10 Å². The summed E-state index contributed by atoms with van der Waals surface area (Å²) in [4.78, 5) is 17.1. The fourth-order valence-electron chi connectivity index (χ4n) is 3.91. The number of aryl methyl sites for hydroxylation is 1. The molecule has 1 amide bonds. The molecule has 0 saturated carbocycles. The van der Waals surface area contributed by atoms with Crippen LogP contribution in [0, 0.1) is 0 Å². The van der Waals surface area contributed by atoms with E-state index in [2.05, 4.69) is 54.9 Å². The minimum absolute atomic E-state index is 0.0596. The highest BCUT2D eigenvalue weighted by molar-refractivity contribution is 5.76. The Labute approximate surface area is 171 Å². The lowest BCUT2D eigenvalue weighted by Crippen LogP contribution is -2.38. The maximum atomic E-state index is 12.4. The molecule has 156 valence electrons. The van der Waals surface area contributed by atoms with Gasteiger partial charge in [-0.25, -0.2) is 4.68 Å². The van der Waals surface area contributed by atoms with Crippen molar-refractivity contribution in [3.8, 4) is 0 Å². The molecular weight excluding hydrogens is 370 g/mol. The van der Waals surface area contributed by atoms with Gasteiger partial charge in [-0.1, -0.05) is 30.3 Å². The molecule has 3 heterocycles. The lowest BCUT2D eigenvalue weighted by atomic mass is 10.2. The molecule has 2 fully saturated rings. The summed E-state index contributed by atoms with van der Waals surface area (Å²) in [5, 5.41) is 15.1. The molecule has 0 bridgehead atoms. The molecule has 2 aliphatic rings. The van der Waals surface area contributed by atoms with Gasteiger partial charge in [0, 0.05) is 45.2 Å². The number of amides is 1. The van der Waals surface area contributed by atoms with Crippen molar-refractivity contribution in [2.75, 3.05) is 39.4 Å². The zero-order valence-electron chi connectivity index (χ0n) is 16.7. The second-order valence-corrected chi connectivity index (χ2v) is 7.73. The Morgan fingerprint density at radius 1 is 1.10 bits per heavy atom. The number of rotatable bonds is 8. The van der Waals surface area contributed by atoms with E-state index >= 15 is 0 Å². The van der Waals surface area contributed by atoms with E-state index in [0.29, 0.717) is 19.5 Å². The number of tetrazole rings is 1. The van der Waals surface area contributed by atoms with Gasteiger partial charge in [0.2, 0.25) is 5.91 Å². The molecule has 1 aromatic carbocycles. The third-order valence-electron chi connectivity index (χ3n) is 5.51. The van der Waals surface area contributed by atoms with Crippen molar-refractivity contribution in [2.45, 2.75) is 38.5 Å². The van der Waals surface area contributed by atoms with Crippen LogP contribution in [0.2, 0.25) is 0 Å². The van der Waals surface area contributed by atoms with Crippen LogP contribution in [0.3, 0.4) is 0 Å². The van der Waals surface area contributed by atoms with Gasteiger partial charge in [0.1, 0.15) is 0 Å². The highest BCUT2D eigenvalue weighted by Crippen LogP contribution is 2.13. The molecule has 1 N–H and O–H groups in total. The van der Waals surface area contributed by atoms with Gasteiger partial charge in [0.05, 0.1) is 26.3 Å². The summed E-state index contributed by atoms with van der Waals surface area (Å²) < 4.78 is 7.12. The number of nitrogens with one attached hydrogen (secondary N) is 1. The molecule has 2 aromatic rings. The van der Waals surface area contributed by atoms with Gasteiger partial charge in [-0.05, 0) is 22.4 Å². The standard InChI is InChI=1S/C20H29N7O2/c28-20(21-18-6-8-26(15-18)14-17-4-2-1-3-5-17)7-9-27-19(22-23-24-27)16-25-10-12-29-13-11-25/h1-5,18H,6-16H2,(H,21,28). The summed E-state index contributed by atoms with van der Waals surface area (Å²) in [6.07, 6.45) is 1.38. The van der Waals surface area contributed by atoms with Crippen LogP contribution in [0.1, 0.15) is 24.2 Å². The Bertz CT molecular complexity index is 776. The van der Waals surface area contributed by atoms with Crippen molar-refractivity contribution in [3.63, 3.8) is 0 Å². The van der Waals surface area contributed by atoms with Gasteiger partial charge < -0.3 is 10.1 Å². The van der Waals surface area contributed by atoms with Crippen molar-refractivity contribution >= 4 is 5.91 Å². The molecule has 0 aliphatic carbocycles. The second-order valence-electron chi connectivity index (χ2n) is 7.73. The van der Waals surface area contributed by atoms with Crippen molar-refractivity contribution in [3.05, 3.63) is 41.7 Å². The molecule has 1 atom stereocenters. The molecule has 9 heteroatoms.